The molecule has 0 radical (unpaired) electrons. The molecule has 1 aliphatic heterocycles. The van der Waals surface area contributed by atoms with Crippen LogP contribution >= 0.6 is 0 Å². The number of rotatable bonds is 13. The molecule has 13 heteroatoms. The highest BCUT2D eigenvalue weighted by Gasteiger charge is 2.21. The zero-order valence-corrected chi connectivity index (χ0v) is 21.5. The fourth-order valence-electron chi connectivity index (χ4n) is 4.07. The number of hydrogen-bond donors (Lipinski definition) is 4. The first-order chi connectivity index (χ1) is 18.2. The summed E-state index contributed by atoms with van der Waals surface area (Å²) in [6, 6.07) is 6.70. The van der Waals surface area contributed by atoms with Gasteiger partial charge in [0, 0.05) is 70.9 Å². The lowest BCUT2D eigenvalue weighted by Crippen LogP contribution is -2.49. The zero-order chi connectivity index (χ0) is 27.9. The van der Waals surface area contributed by atoms with Crippen LogP contribution in [-0.4, -0.2) is 155 Å². The van der Waals surface area contributed by atoms with Crippen molar-refractivity contribution in [3.63, 3.8) is 0 Å². The molecule has 1 aromatic rings. The van der Waals surface area contributed by atoms with Gasteiger partial charge in [-0.25, -0.2) is 0 Å². The number of aliphatic hydroxyl groups excluding tert-OH is 1. The summed E-state index contributed by atoms with van der Waals surface area (Å²) in [5, 5.41) is 36.8. The Morgan fingerprint density at radius 3 is 1.34 bits per heavy atom. The molecule has 0 bridgehead atoms. The molecule has 0 saturated carbocycles. The van der Waals surface area contributed by atoms with E-state index in [1.807, 2.05) is 4.90 Å². The molecule has 1 fully saturated rings. The van der Waals surface area contributed by atoms with E-state index in [9.17, 15) is 34.5 Å². The molecule has 0 aromatic heterocycles. The van der Waals surface area contributed by atoms with Gasteiger partial charge in [-0.05, 0) is 24.3 Å². The average Bonchev–Trinajstić information content (AvgIpc) is 2.85. The van der Waals surface area contributed by atoms with Crippen molar-refractivity contribution in [1.82, 2.24) is 19.6 Å². The Kier molecular flexibility index (Phi) is 13.7. The fourth-order valence-corrected chi connectivity index (χ4v) is 4.07. The maximum Gasteiger partial charge on any atom is 0.317 e. The third kappa shape index (κ3) is 12.4. The number of aliphatic carboxylic acids is 3. The van der Waals surface area contributed by atoms with E-state index >= 15 is 0 Å². The number of carboxylic acids is 3. The van der Waals surface area contributed by atoms with Crippen LogP contribution in [0.2, 0.25) is 0 Å². The maximum atomic E-state index is 13.0. The number of ether oxygens (including phenoxy) is 1. The topological polar surface area (TPSA) is 171 Å². The molecule has 4 N–H and O–H groups in total. The summed E-state index contributed by atoms with van der Waals surface area (Å²) in [6.45, 7) is 2.50. The summed E-state index contributed by atoms with van der Waals surface area (Å²) in [4.78, 5) is 54.1. The third-order valence-electron chi connectivity index (χ3n) is 6.12. The number of hydrogen-bond acceptors (Lipinski definition) is 10. The number of benzene rings is 1. The fraction of sp³-hybridized carbons (Fsp3) is 0.600. The highest BCUT2D eigenvalue weighted by atomic mass is 16.5. The van der Waals surface area contributed by atoms with E-state index in [1.54, 1.807) is 39.0 Å². The molecule has 0 unspecified atom stereocenters. The van der Waals surface area contributed by atoms with Crippen LogP contribution in [-0.2, 0) is 14.4 Å². The predicted molar refractivity (Wildman–Crippen MR) is 137 cm³/mol. The van der Waals surface area contributed by atoms with Crippen LogP contribution in [0.15, 0.2) is 24.3 Å². The van der Waals surface area contributed by atoms with Gasteiger partial charge in [-0.3, -0.25) is 38.8 Å². The Morgan fingerprint density at radius 2 is 1.00 bits per heavy atom. The second kappa shape index (κ2) is 16.7. The lowest BCUT2D eigenvalue weighted by molar-refractivity contribution is -0.140. The minimum absolute atomic E-state index is 0.0286. The molecular weight excluding hydrogens is 500 g/mol. The van der Waals surface area contributed by atoms with Gasteiger partial charge in [-0.1, -0.05) is 0 Å². The van der Waals surface area contributed by atoms with Crippen molar-refractivity contribution < 1.29 is 44.3 Å². The maximum absolute atomic E-state index is 13.0. The molecular formula is C25H38N4O9. The van der Waals surface area contributed by atoms with Gasteiger partial charge in [-0.2, -0.15) is 0 Å². The molecule has 1 aromatic carbocycles. The molecule has 0 spiro atoms. The summed E-state index contributed by atoms with van der Waals surface area (Å²) < 4.78 is 5.50. The molecule has 0 aliphatic carbocycles. The van der Waals surface area contributed by atoms with E-state index < -0.39 is 17.9 Å². The van der Waals surface area contributed by atoms with E-state index in [2.05, 4.69) is 0 Å². The number of ketones is 1. The van der Waals surface area contributed by atoms with Crippen LogP contribution in [0.1, 0.15) is 16.8 Å². The normalized spacial score (nSPS) is 17.3. The second-order valence-corrected chi connectivity index (χ2v) is 9.16. The summed E-state index contributed by atoms with van der Waals surface area (Å²) in [5.41, 5.74) is 0.486. The first kappa shape index (κ1) is 31.1. The third-order valence-corrected chi connectivity index (χ3v) is 6.12. The largest absolute Gasteiger partial charge is 0.494 e. The summed E-state index contributed by atoms with van der Waals surface area (Å²) >= 11 is 0. The highest BCUT2D eigenvalue weighted by molar-refractivity contribution is 5.97. The first-order valence-electron chi connectivity index (χ1n) is 12.6. The van der Waals surface area contributed by atoms with E-state index in [1.165, 1.54) is 0 Å². The van der Waals surface area contributed by atoms with Gasteiger partial charge < -0.3 is 25.2 Å². The van der Waals surface area contributed by atoms with Crippen LogP contribution in [0.4, 0.5) is 0 Å². The second-order valence-electron chi connectivity index (χ2n) is 9.16. The number of carbonyl (C=O) groups excluding carboxylic acids is 1. The monoisotopic (exact) mass is 538 g/mol. The standard InChI is InChI=1S/C25H38N4O9/c30-14-1-15-38-21-4-2-20(3-5-21)22(31)16-26-6-8-27(17-23(32)33)10-12-29(19-25(36)37)13-11-28(9-7-26)18-24(34)35/h2-5,30H,1,6-19H2,(H,32,33)(H,34,35)(H,36,37). The molecule has 13 nitrogen and oxygen atoms in total. The SMILES string of the molecule is O=C(O)CN1CCN(CC(=O)O)CCN(CC(=O)c2ccc(OCCCO)cc2)CCN(CC(=O)O)CC1. The number of aliphatic hydroxyl groups is 1. The number of carbonyl (C=O) groups is 4. The van der Waals surface area contributed by atoms with Crippen LogP contribution in [0.5, 0.6) is 5.75 Å². The number of Topliss-reactive ketones (excluding diaryl/α,β-unsaturated/α-hetero) is 1. The molecule has 0 atom stereocenters. The van der Waals surface area contributed by atoms with Crippen LogP contribution in [0.25, 0.3) is 0 Å². The average molecular weight is 539 g/mol. The van der Waals surface area contributed by atoms with Crippen molar-refractivity contribution in [3.8, 4) is 5.75 Å². The molecule has 1 saturated heterocycles. The lowest BCUT2D eigenvalue weighted by Gasteiger charge is -2.32. The van der Waals surface area contributed by atoms with Crippen molar-refractivity contribution in [3.05, 3.63) is 29.8 Å². The Morgan fingerprint density at radius 1 is 0.632 bits per heavy atom. The molecule has 0 amide bonds. The summed E-state index contributed by atoms with van der Waals surface area (Å²) in [6.07, 6.45) is 0.505. The van der Waals surface area contributed by atoms with E-state index in [0.29, 0.717) is 76.7 Å². The smallest absolute Gasteiger partial charge is 0.317 e. The van der Waals surface area contributed by atoms with Crippen molar-refractivity contribution >= 4 is 23.7 Å². The Hall–Kier alpha value is -3.10. The Labute approximate surface area is 221 Å². The Bertz CT molecular complexity index is 881. The minimum Gasteiger partial charge on any atom is -0.494 e. The molecule has 2 rings (SSSR count). The number of nitrogens with zero attached hydrogens (tertiary/aromatic N) is 4. The Balaban J connectivity index is 2.12. The van der Waals surface area contributed by atoms with Gasteiger partial charge in [0.1, 0.15) is 5.75 Å². The van der Waals surface area contributed by atoms with Crippen LogP contribution in [0.3, 0.4) is 0 Å². The molecule has 1 aliphatic rings. The van der Waals surface area contributed by atoms with E-state index in [0.717, 1.165) is 0 Å². The predicted octanol–water partition coefficient (Wildman–Crippen LogP) is -0.894. The molecule has 1 heterocycles. The summed E-state index contributed by atoms with van der Waals surface area (Å²) in [7, 11) is 0. The molecule has 38 heavy (non-hydrogen) atoms. The van der Waals surface area contributed by atoms with Gasteiger partial charge in [0.15, 0.2) is 5.78 Å². The van der Waals surface area contributed by atoms with Crippen LogP contribution in [0, 0.1) is 0 Å². The summed E-state index contributed by atoms with van der Waals surface area (Å²) in [5.74, 6) is -2.56. The highest BCUT2D eigenvalue weighted by Crippen LogP contribution is 2.13. The van der Waals surface area contributed by atoms with Crippen molar-refractivity contribution in [2.45, 2.75) is 6.42 Å². The zero-order valence-electron chi connectivity index (χ0n) is 21.5. The van der Waals surface area contributed by atoms with Gasteiger partial charge in [0.25, 0.3) is 0 Å². The van der Waals surface area contributed by atoms with Gasteiger partial charge in [0.2, 0.25) is 0 Å². The first-order valence-corrected chi connectivity index (χ1v) is 12.6. The van der Waals surface area contributed by atoms with E-state index in [4.69, 9.17) is 9.84 Å². The van der Waals surface area contributed by atoms with E-state index in [-0.39, 0.29) is 38.6 Å². The quantitative estimate of drug-likeness (QED) is 0.180. The lowest BCUT2D eigenvalue weighted by atomic mass is 10.1. The number of carboxylic acid groups (broad SMARTS) is 3. The van der Waals surface area contributed by atoms with Crippen LogP contribution < -0.4 is 4.74 Å². The van der Waals surface area contributed by atoms with Crippen molar-refractivity contribution in [2.24, 2.45) is 0 Å². The van der Waals surface area contributed by atoms with Crippen molar-refractivity contribution in [1.29, 1.82) is 0 Å². The molecule has 212 valence electrons. The van der Waals surface area contributed by atoms with Crippen molar-refractivity contribution in [2.75, 3.05) is 91.8 Å². The minimum atomic E-state index is -1.01. The van der Waals surface area contributed by atoms with Gasteiger partial charge >= 0.3 is 17.9 Å². The van der Waals surface area contributed by atoms with Gasteiger partial charge in [0.05, 0.1) is 32.8 Å². The van der Waals surface area contributed by atoms with Gasteiger partial charge in [-0.15, -0.1) is 0 Å².